The molecule has 1 N–H and O–H groups in total. The third kappa shape index (κ3) is 3.23. The lowest BCUT2D eigenvalue weighted by Gasteiger charge is -2.28. The van der Waals surface area contributed by atoms with Crippen molar-refractivity contribution < 1.29 is 14.0 Å². The van der Waals surface area contributed by atoms with Crippen LogP contribution in [0.5, 0.6) is 0 Å². The highest BCUT2D eigenvalue weighted by Gasteiger charge is 2.27. The number of nitrogens with zero attached hydrogens (tertiary/aromatic N) is 1. The Hall–Kier alpha value is -2.69. The summed E-state index contributed by atoms with van der Waals surface area (Å²) in [6.45, 7) is 0.510. The van der Waals surface area contributed by atoms with E-state index in [9.17, 15) is 14.0 Å². The van der Waals surface area contributed by atoms with Crippen molar-refractivity contribution in [1.82, 2.24) is 5.32 Å². The van der Waals surface area contributed by atoms with Gasteiger partial charge in [0.2, 0.25) is 0 Å². The third-order valence-electron chi connectivity index (χ3n) is 3.95. The minimum Gasteiger partial charge on any atom is -0.344 e. The van der Waals surface area contributed by atoms with Crippen molar-refractivity contribution >= 4 is 17.5 Å². The first-order valence-corrected chi connectivity index (χ1v) is 7.58. The number of carbonyl (C=O) groups excluding carboxylic acids is 2. The Balaban J connectivity index is 1.69. The van der Waals surface area contributed by atoms with E-state index in [0.29, 0.717) is 12.1 Å². The molecule has 0 saturated carbocycles. The fraction of sp³-hybridized carbons (Fsp3) is 0.222. The maximum Gasteiger partial charge on any atom is 0.316 e. The van der Waals surface area contributed by atoms with Gasteiger partial charge in [0.25, 0.3) is 0 Å². The van der Waals surface area contributed by atoms with Gasteiger partial charge in [-0.25, -0.2) is 4.39 Å². The third-order valence-corrected chi connectivity index (χ3v) is 3.95. The molecule has 0 fully saturated rings. The van der Waals surface area contributed by atoms with Crippen LogP contribution in [0.1, 0.15) is 17.5 Å². The fourth-order valence-corrected chi connectivity index (χ4v) is 2.76. The van der Waals surface area contributed by atoms with Crippen molar-refractivity contribution in [3.8, 4) is 0 Å². The quantitative estimate of drug-likeness (QED) is 0.866. The van der Waals surface area contributed by atoms with Gasteiger partial charge in [-0.15, -0.1) is 0 Å². The Bertz CT molecular complexity index is 745. The molecule has 2 aromatic rings. The molecule has 0 atom stereocenters. The summed E-state index contributed by atoms with van der Waals surface area (Å²) >= 11 is 0. The number of anilines is 1. The van der Waals surface area contributed by atoms with Gasteiger partial charge in [-0.2, -0.15) is 0 Å². The number of benzene rings is 2. The molecule has 0 aliphatic carbocycles. The summed E-state index contributed by atoms with van der Waals surface area (Å²) in [5.41, 5.74) is 2.20. The van der Waals surface area contributed by atoms with Crippen molar-refractivity contribution in [3.63, 3.8) is 0 Å². The van der Waals surface area contributed by atoms with E-state index in [1.165, 1.54) is 11.0 Å². The number of nitrogens with one attached hydrogen (secondary N) is 1. The van der Waals surface area contributed by atoms with Crippen LogP contribution in [-0.4, -0.2) is 18.4 Å². The van der Waals surface area contributed by atoms with Crippen molar-refractivity contribution in [2.45, 2.75) is 19.4 Å². The maximum atomic E-state index is 13.5. The zero-order valence-electron chi connectivity index (χ0n) is 12.6. The number of fused-ring (bicyclic) bond motifs is 1. The summed E-state index contributed by atoms with van der Waals surface area (Å²) in [4.78, 5) is 26.0. The van der Waals surface area contributed by atoms with Gasteiger partial charge >= 0.3 is 11.8 Å². The molecule has 1 aliphatic rings. The zero-order valence-corrected chi connectivity index (χ0v) is 12.6. The highest BCUT2D eigenvalue weighted by molar-refractivity contribution is 6.40. The summed E-state index contributed by atoms with van der Waals surface area (Å²) < 4.78 is 13.5. The molecule has 0 spiro atoms. The molecule has 0 aromatic heterocycles. The predicted molar refractivity (Wildman–Crippen MR) is 85.4 cm³/mol. The number of rotatable bonds is 2. The molecule has 0 unspecified atom stereocenters. The summed E-state index contributed by atoms with van der Waals surface area (Å²) in [5.74, 6) is -1.72. The second kappa shape index (κ2) is 6.60. The predicted octanol–water partition coefficient (Wildman–Crippen LogP) is 2.42. The van der Waals surface area contributed by atoms with E-state index in [4.69, 9.17) is 0 Å². The van der Waals surface area contributed by atoms with E-state index in [1.54, 1.807) is 18.2 Å². The smallest absolute Gasteiger partial charge is 0.316 e. The molecular formula is C18H17FN2O2. The van der Waals surface area contributed by atoms with Crippen LogP contribution in [0, 0.1) is 5.82 Å². The van der Waals surface area contributed by atoms with E-state index >= 15 is 0 Å². The molecule has 0 radical (unpaired) electrons. The molecule has 0 bridgehead atoms. The summed E-state index contributed by atoms with van der Waals surface area (Å²) in [6, 6.07) is 13.7. The van der Waals surface area contributed by atoms with Crippen LogP contribution in [0.15, 0.2) is 48.5 Å². The van der Waals surface area contributed by atoms with E-state index in [0.717, 1.165) is 24.1 Å². The Labute approximate surface area is 133 Å². The van der Waals surface area contributed by atoms with Crippen LogP contribution < -0.4 is 10.2 Å². The first-order valence-electron chi connectivity index (χ1n) is 7.58. The highest BCUT2D eigenvalue weighted by Crippen LogP contribution is 2.26. The Morgan fingerprint density at radius 2 is 1.83 bits per heavy atom. The minimum atomic E-state index is -0.718. The van der Waals surface area contributed by atoms with E-state index in [1.807, 2.05) is 24.3 Å². The standard InChI is InChI=1S/C18H17FN2O2/c19-15-9-3-1-7-14(15)12-20-17(22)18(23)21-11-5-8-13-6-2-4-10-16(13)21/h1-4,6-7,9-10H,5,8,11-12H2,(H,20,22). The first kappa shape index (κ1) is 15.2. The number of amides is 2. The Kier molecular flexibility index (Phi) is 4.37. The molecule has 118 valence electrons. The topological polar surface area (TPSA) is 49.4 Å². The molecule has 3 rings (SSSR count). The lowest BCUT2D eigenvalue weighted by molar-refractivity contribution is -0.137. The fourth-order valence-electron chi connectivity index (χ4n) is 2.76. The minimum absolute atomic E-state index is 0.00721. The number of para-hydroxylation sites is 1. The Morgan fingerprint density at radius 1 is 1.09 bits per heavy atom. The second-order valence-electron chi connectivity index (χ2n) is 5.46. The van der Waals surface area contributed by atoms with Gasteiger partial charge < -0.3 is 10.2 Å². The van der Waals surface area contributed by atoms with Gasteiger partial charge in [0.05, 0.1) is 0 Å². The normalized spacial score (nSPS) is 13.3. The first-order chi connectivity index (χ1) is 11.2. The van der Waals surface area contributed by atoms with Crippen LogP contribution in [0.2, 0.25) is 0 Å². The number of hydrogen-bond acceptors (Lipinski definition) is 2. The van der Waals surface area contributed by atoms with Gasteiger partial charge in [-0.1, -0.05) is 36.4 Å². The summed E-state index contributed by atoms with van der Waals surface area (Å²) in [7, 11) is 0. The molecule has 4 nitrogen and oxygen atoms in total. The molecule has 5 heteroatoms. The van der Waals surface area contributed by atoms with Crippen LogP contribution in [0.25, 0.3) is 0 Å². The molecular weight excluding hydrogens is 295 g/mol. The van der Waals surface area contributed by atoms with E-state index in [2.05, 4.69) is 5.32 Å². The SMILES string of the molecule is O=C(NCc1ccccc1F)C(=O)N1CCCc2ccccc21. The molecule has 0 saturated heterocycles. The van der Waals surface area contributed by atoms with Crippen LogP contribution >= 0.6 is 0 Å². The number of carbonyl (C=O) groups is 2. The van der Waals surface area contributed by atoms with Crippen molar-refractivity contribution in [1.29, 1.82) is 0 Å². The van der Waals surface area contributed by atoms with Gasteiger partial charge in [-0.3, -0.25) is 9.59 Å². The second-order valence-corrected chi connectivity index (χ2v) is 5.46. The average Bonchev–Trinajstić information content (AvgIpc) is 2.59. The van der Waals surface area contributed by atoms with E-state index in [-0.39, 0.29) is 6.54 Å². The number of hydrogen-bond donors (Lipinski definition) is 1. The van der Waals surface area contributed by atoms with Crippen molar-refractivity contribution in [3.05, 3.63) is 65.5 Å². The van der Waals surface area contributed by atoms with Crippen molar-refractivity contribution in [2.24, 2.45) is 0 Å². The van der Waals surface area contributed by atoms with Gasteiger partial charge in [0.1, 0.15) is 5.82 Å². The van der Waals surface area contributed by atoms with Gasteiger partial charge in [-0.05, 0) is 30.5 Å². The lowest BCUT2D eigenvalue weighted by Crippen LogP contribution is -2.45. The highest BCUT2D eigenvalue weighted by atomic mass is 19.1. The summed E-state index contributed by atoms with van der Waals surface area (Å²) in [5, 5.41) is 2.50. The van der Waals surface area contributed by atoms with Crippen molar-refractivity contribution in [2.75, 3.05) is 11.4 Å². The molecule has 23 heavy (non-hydrogen) atoms. The van der Waals surface area contributed by atoms with Crippen LogP contribution in [0.4, 0.5) is 10.1 Å². The largest absolute Gasteiger partial charge is 0.344 e. The molecule has 1 aliphatic heterocycles. The monoisotopic (exact) mass is 312 g/mol. The van der Waals surface area contributed by atoms with E-state index < -0.39 is 17.6 Å². The maximum absolute atomic E-state index is 13.5. The average molecular weight is 312 g/mol. The zero-order chi connectivity index (χ0) is 16.2. The van der Waals surface area contributed by atoms with Crippen LogP contribution in [-0.2, 0) is 22.6 Å². The lowest BCUT2D eigenvalue weighted by atomic mass is 10.0. The molecule has 1 heterocycles. The molecule has 2 amide bonds. The van der Waals surface area contributed by atoms with Gasteiger partial charge in [0, 0.05) is 24.3 Å². The van der Waals surface area contributed by atoms with Crippen LogP contribution in [0.3, 0.4) is 0 Å². The molecule has 2 aromatic carbocycles. The Morgan fingerprint density at radius 3 is 2.65 bits per heavy atom. The van der Waals surface area contributed by atoms with Gasteiger partial charge in [0.15, 0.2) is 0 Å². The number of aryl methyl sites for hydroxylation is 1. The number of halogens is 1. The summed E-state index contributed by atoms with van der Waals surface area (Å²) in [6.07, 6.45) is 1.72.